The van der Waals surface area contributed by atoms with Crippen LogP contribution in [0.2, 0.25) is 0 Å². The Morgan fingerprint density at radius 3 is 2.48 bits per heavy atom. The SMILES string of the molecule is COCCCn1c(C)c(C)n2c3c(=O)n([C@@H](C)C(C)=O)c(=O)n(C)c3nc12. The molecule has 27 heavy (non-hydrogen) atoms. The zero-order valence-electron chi connectivity index (χ0n) is 16.6. The summed E-state index contributed by atoms with van der Waals surface area (Å²) >= 11 is 0. The average Bonchev–Trinajstić information content (AvgIpc) is 3.11. The van der Waals surface area contributed by atoms with Gasteiger partial charge in [-0.1, -0.05) is 0 Å². The van der Waals surface area contributed by atoms with Crippen molar-refractivity contribution in [3.63, 3.8) is 0 Å². The van der Waals surface area contributed by atoms with Gasteiger partial charge in [-0.3, -0.25) is 18.6 Å². The summed E-state index contributed by atoms with van der Waals surface area (Å²) in [5.41, 5.74) is 1.45. The van der Waals surface area contributed by atoms with Gasteiger partial charge in [-0.05, 0) is 34.1 Å². The first-order valence-corrected chi connectivity index (χ1v) is 8.91. The maximum absolute atomic E-state index is 13.2. The van der Waals surface area contributed by atoms with Gasteiger partial charge in [-0.15, -0.1) is 0 Å². The molecule has 1 atom stereocenters. The van der Waals surface area contributed by atoms with Gasteiger partial charge in [0.25, 0.3) is 5.56 Å². The highest BCUT2D eigenvalue weighted by Gasteiger charge is 2.25. The Morgan fingerprint density at radius 2 is 1.89 bits per heavy atom. The Kier molecular flexibility index (Phi) is 4.81. The number of carbonyl (C=O) groups excluding carboxylic acids is 1. The van der Waals surface area contributed by atoms with Crippen LogP contribution >= 0.6 is 0 Å². The Bertz CT molecular complexity index is 1160. The average molecular weight is 375 g/mol. The van der Waals surface area contributed by atoms with Crippen LogP contribution in [0.3, 0.4) is 0 Å². The van der Waals surface area contributed by atoms with Gasteiger partial charge in [0.15, 0.2) is 16.9 Å². The highest BCUT2D eigenvalue weighted by molar-refractivity contribution is 5.81. The first-order chi connectivity index (χ1) is 12.7. The fourth-order valence-corrected chi connectivity index (χ4v) is 3.44. The minimum atomic E-state index is -0.837. The third kappa shape index (κ3) is 2.73. The third-order valence-corrected chi connectivity index (χ3v) is 5.28. The molecule has 3 heterocycles. The van der Waals surface area contributed by atoms with Crippen molar-refractivity contribution >= 4 is 22.7 Å². The van der Waals surface area contributed by atoms with Gasteiger partial charge in [-0.25, -0.2) is 9.36 Å². The molecule has 0 radical (unpaired) electrons. The first-order valence-electron chi connectivity index (χ1n) is 8.91. The molecule has 0 saturated carbocycles. The van der Waals surface area contributed by atoms with Gasteiger partial charge in [0.1, 0.15) is 0 Å². The van der Waals surface area contributed by atoms with E-state index >= 15 is 0 Å². The van der Waals surface area contributed by atoms with Gasteiger partial charge < -0.3 is 9.30 Å². The number of ketones is 1. The Morgan fingerprint density at radius 1 is 1.22 bits per heavy atom. The molecule has 0 amide bonds. The van der Waals surface area contributed by atoms with Crippen molar-refractivity contribution in [1.29, 1.82) is 0 Å². The number of hydrogen-bond donors (Lipinski definition) is 0. The van der Waals surface area contributed by atoms with Crippen LogP contribution in [0.5, 0.6) is 0 Å². The molecule has 3 aromatic heterocycles. The minimum absolute atomic E-state index is 0.251. The Hall–Kier alpha value is -2.68. The smallest absolute Gasteiger partial charge is 0.333 e. The molecular weight excluding hydrogens is 350 g/mol. The molecule has 0 saturated heterocycles. The number of carbonyl (C=O) groups is 1. The van der Waals surface area contributed by atoms with E-state index in [0.29, 0.717) is 30.1 Å². The molecule has 0 aliphatic rings. The van der Waals surface area contributed by atoms with E-state index in [2.05, 4.69) is 4.98 Å². The van der Waals surface area contributed by atoms with E-state index in [9.17, 15) is 14.4 Å². The van der Waals surface area contributed by atoms with Gasteiger partial charge in [0.05, 0.1) is 6.04 Å². The van der Waals surface area contributed by atoms with Crippen LogP contribution in [0.1, 0.15) is 37.7 Å². The van der Waals surface area contributed by atoms with Gasteiger partial charge in [0, 0.05) is 38.7 Å². The van der Waals surface area contributed by atoms with E-state index in [4.69, 9.17) is 4.74 Å². The summed E-state index contributed by atoms with van der Waals surface area (Å²) in [6.45, 7) is 8.12. The Labute approximate surface area is 155 Å². The molecule has 0 bridgehead atoms. The van der Waals surface area contributed by atoms with Gasteiger partial charge in [0.2, 0.25) is 5.78 Å². The number of aromatic nitrogens is 5. The van der Waals surface area contributed by atoms with Crippen LogP contribution in [0, 0.1) is 13.8 Å². The lowest BCUT2D eigenvalue weighted by molar-refractivity contribution is -0.119. The number of imidazole rings is 2. The lowest BCUT2D eigenvalue weighted by Gasteiger charge is -2.12. The van der Waals surface area contributed by atoms with E-state index < -0.39 is 17.3 Å². The predicted molar refractivity (Wildman–Crippen MR) is 102 cm³/mol. The quantitative estimate of drug-likeness (QED) is 0.598. The standard InChI is InChI=1S/C18H25N5O4/c1-10-11(2)22-14-15(19-17(22)21(10)8-7-9-27-6)20(5)18(26)23(16(14)25)12(3)13(4)24/h12H,7-9H2,1-6H3/t12-/m0/s1. The highest BCUT2D eigenvalue weighted by Crippen LogP contribution is 2.21. The number of methoxy groups -OCH3 is 1. The van der Waals surface area contributed by atoms with E-state index in [1.165, 1.54) is 11.5 Å². The zero-order valence-corrected chi connectivity index (χ0v) is 16.6. The maximum atomic E-state index is 13.2. The number of rotatable bonds is 6. The van der Waals surface area contributed by atoms with Crippen molar-refractivity contribution in [2.75, 3.05) is 13.7 Å². The summed E-state index contributed by atoms with van der Waals surface area (Å²) in [6.07, 6.45) is 0.800. The van der Waals surface area contributed by atoms with Crippen LogP contribution < -0.4 is 11.2 Å². The van der Waals surface area contributed by atoms with Gasteiger partial charge >= 0.3 is 5.69 Å². The van der Waals surface area contributed by atoms with Crippen LogP contribution in [-0.4, -0.2) is 42.6 Å². The van der Waals surface area contributed by atoms with Crippen LogP contribution in [0.25, 0.3) is 16.9 Å². The lowest BCUT2D eigenvalue weighted by Crippen LogP contribution is -2.42. The molecule has 3 rings (SSSR count). The molecular formula is C18H25N5O4. The fraction of sp³-hybridized carbons (Fsp3) is 0.556. The second kappa shape index (κ2) is 6.80. The second-order valence-electron chi connectivity index (χ2n) is 6.89. The van der Waals surface area contributed by atoms with E-state index in [-0.39, 0.29) is 5.78 Å². The van der Waals surface area contributed by atoms with Crippen molar-refractivity contribution < 1.29 is 9.53 Å². The first kappa shape index (κ1) is 19.1. The number of hydrogen-bond acceptors (Lipinski definition) is 5. The molecule has 0 N–H and O–H groups in total. The molecule has 0 aliphatic carbocycles. The highest BCUT2D eigenvalue weighted by atomic mass is 16.5. The molecule has 3 aromatic rings. The largest absolute Gasteiger partial charge is 0.385 e. The number of nitrogens with zero attached hydrogens (tertiary/aromatic N) is 5. The molecule has 0 aromatic carbocycles. The minimum Gasteiger partial charge on any atom is -0.385 e. The molecule has 0 unspecified atom stereocenters. The predicted octanol–water partition coefficient (Wildman–Crippen LogP) is 0.953. The van der Waals surface area contributed by atoms with E-state index in [1.54, 1.807) is 25.5 Å². The summed E-state index contributed by atoms with van der Waals surface area (Å²) < 4.78 is 11.3. The van der Waals surface area contributed by atoms with E-state index in [1.807, 2.05) is 18.4 Å². The third-order valence-electron chi connectivity index (χ3n) is 5.28. The summed E-state index contributed by atoms with van der Waals surface area (Å²) in [5.74, 6) is 0.357. The second-order valence-corrected chi connectivity index (χ2v) is 6.89. The van der Waals surface area contributed by atoms with Crippen molar-refractivity contribution in [3.05, 3.63) is 32.2 Å². The van der Waals surface area contributed by atoms with Crippen molar-refractivity contribution in [1.82, 2.24) is 23.1 Å². The molecule has 146 valence electrons. The summed E-state index contributed by atoms with van der Waals surface area (Å²) in [4.78, 5) is 42.3. The van der Waals surface area contributed by atoms with Crippen molar-refractivity contribution in [2.24, 2.45) is 7.05 Å². The number of fused-ring (bicyclic) bond motifs is 3. The number of ether oxygens (including phenoxy) is 1. The lowest BCUT2D eigenvalue weighted by atomic mass is 10.2. The van der Waals surface area contributed by atoms with Gasteiger partial charge in [-0.2, -0.15) is 4.98 Å². The Balaban J connectivity index is 2.41. The number of Topliss-reactive ketones (excluding diaryl/α,β-unsaturated/α-hetero) is 1. The molecule has 0 fully saturated rings. The molecule has 0 spiro atoms. The van der Waals surface area contributed by atoms with E-state index in [0.717, 1.165) is 22.4 Å². The van der Waals surface area contributed by atoms with Crippen molar-refractivity contribution in [3.8, 4) is 0 Å². The van der Waals surface area contributed by atoms with Crippen molar-refractivity contribution in [2.45, 2.75) is 46.7 Å². The monoisotopic (exact) mass is 375 g/mol. The fourth-order valence-electron chi connectivity index (χ4n) is 3.44. The summed E-state index contributed by atoms with van der Waals surface area (Å²) in [6, 6.07) is -0.837. The zero-order chi connectivity index (χ0) is 20.0. The molecule has 0 aliphatic heterocycles. The normalized spacial score (nSPS) is 13.0. The molecule has 9 nitrogen and oxygen atoms in total. The van der Waals surface area contributed by atoms with Crippen LogP contribution in [0.15, 0.2) is 9.59 Å². The topological polar surface area (TPSA) is 92.5 Å². The van der Waals surface area contributed by atoms with Crippen LogP contribution in [-0.2, 0) is 23.1 Å². The van der Waals surface area contributed by atoms with Crippen LogP contribution in [0.4, 0.5) is 0 Å². The summed E-state index contributed by atoms with van der Waals surface area (Å²) in [7, 11) is 3.22. The summed E-state index contributed by atoms with van der Waals surface area (Å²) in [5, 5.41) is 0. The maximum Gasteiger partial charge on any atom is 0.333 e. The molecule has 9 heteroatoms. The number of aryl methyl sites for hydroxylation is 3.